The Morgan fingerprint density at radius 1 is 1.00 bits per heavy atom. The average Bonchev–Trinajstić information content (AvgIpc) is 3.45. The van der Waals surface area contributed by atoms with Crippen LogP contribution in [0.1, 0.15) is 12.1 Å². The quantitative estimate of drug-likeness (QED) is 0.264. The first kappa shape index (κ1) is 22.5. The maximum Gasteiger partial charge on any atom is 0.263 e. The molecule has 166 valence electrons. The molecule has 0 spiro atoms. The second kappa shape index (κ2) is 10.3. The zero-order valence-corrected chi connectivity index (χ0v) is 19.9. The third-order valence-corrected chi connectivity index (χ3v) is 7.51. The fraction of sp³-hybridized carbons (Fsp3) is 0.143. The van der Waals surface area contributed by atoms with Crippen molar-refractivity contribution in [2.45, 2.75) is 17.7 Å². The molecule has 11 heteroatoms. The molecule has 0 aliphatic carbocycles. The van der Waals surface area contributed by atoms with E-state index in [0.717, 1.165) is 35.1 Å². The number of aromatic nitrogens is 2. The minimum Gasteiger partial charge on any atom is -0.494 e. The number of anilines is 3. The number of halogens is 1. The summed E-state index contributed by atoms with van der Waals surface area (Å²) in [5.41, 5.74) is 1.73. The molecule has 2 aromatic carbocycles. The highest BCUT2D eigenvalue weighted by molar-refractivity contribution is 7.93. The van der Waals surface area contributed by atoms with E-state index in [4.69, 9.17) is 16.3 Å². The zero-order valence-electron chi connectivity index (χ0n) is 16.7. The summed E-state index contributed by atoms with van der Waals surface area (Å²) in [4.78, 5) is 8.69. The van der Waals surface area contributed by atoms with Crippen LogP contribution in [0.3, 0.4) is 0 Å². The minimum absolute atomic E-state index is 0.166. The van der Waals surface area contributed by atoms with Gasteiger partial charge in [-0.15, -0.1) is 22.7 Å². The molecule has 0 saturated heterocycles. The lowest BCUT2D eigenvalue weighted by molar-refractivity contribution is 0.310. The van der Waals surface area contributed by atoms with E-state index in [1.807, 2.05) is 17.5 Å². The van der Waals surface area contributed by atoms with Crippen LogP contribution in [0.15, 0.2) is 70.4 Å². The van der Waals surface area contributed by atoms with Crippen LogP contribution < -0.4 is 14.8 Å². The molecular weight excluding hydrogens is 488 g/mol. The van der Waals surface area contributed by atoms with Crippen LogP contribution in [-0.2, 0) is 16.4 Å². The molecule has 0 saturated carbocycles. The topological polar surface area (TPSA) is 93.2 Å². The van der Waals surface area contributed by atoms with E-state index in [0.29, 0.717) is 16.8 Å². The van der Waals surface area contributed by atoms with Crippen LogP contribution in [0, 0.1) is 0 Å². The summed E-state index contributed by atoms with van der Waals surface area (Å²) in [7, 11) is -3.67. The molecule has 2 aromatic heterocycles. The van der Waals surface area contributed by atoms with E-state index in [9.17, 15) is 8.42 Å². The van der Waals surface area contributed by atoms with Gasteiger partial charge in [0.2, 0.25) is 0 Å². The molecule has 0 aliphatic heterocycles. The third kappa shape index (κ3) is 6.19. The van der Waals surface area contributed by atoms with Gasteiger partial charge in [-0.25, -0.2) is 18.4 Å². The molecule has 0 fully saturated rings. The Morgan fingerprint density at radius 2 is 1.78 bits per heavy atom. The van der Waals surface area contributed by atoms with Crippen molar-refractivity contribution in [1.82, 2.24) is 9.97 Å². The molecule has 0 atom stereocenters. The highest BCUT2D eigenvalue weighted by atomic mass is 35.5. The zero-order chi connectivity index (χ0) is 22.4. The number of aryl methyl sites for hydroxylation is 1. The van der Waals surface area contributed by atoms with Gasteiger partial charge in [-0.3, -0.25) is 4.72 Å². The predicted octanol–water partition coefficient (Wildman–Crippen LogP) is 5.81. The van der Waals surface area contributed by atoms with E-state index >= 15 is 0 Å². The minimum atomic E-state index is -3.67. The molecule has 2 heterocycles. The molecule has 0 unspecified atom stereocenters. The van der Waals surface area contributed by atoms with Gasteiger partial charge in [-0.1, -0.05) is 11.6 Å². The Morgan fingerprint density at radius 3 is 2.50 bits per heavy atom. The van der Waals surface area contributed by atoms with Gasteiger partial charge in [0.1, 0.15) is 5.75 Å². The molecule has 0 amide bonds. The van der Waals surface area contributed by atoms with Crippen molar-refractivity contribution < 1.29 is 13.2 Å². The van der Waals surface area contributed by atoms with Gasteiger partial charge in [0, 0.05) is 27.7 Å². The Labute approximate surface area is 199 Å². The second-order valence-corrected chi connectivity index (χ2v) is 10.5. The number of thiazole rings is 2. The van der Waals surface area contributed by atoms with Crippen molar-refractivity contribution >= 4 is 60.2 Å². The normalized spacial score (nSPS) is 11.3. The largest absolute Gasteiger partial charge is 0.494 e. The fourth-order valence-corrected chi connectivity index (χ4v) is 5.42. The van der Waals surface area contributed by atoms with Crippen molar-refractivity contribution in [3.8, 4) is 5.75 Å². The summed E-state index contributed by atoms with van der Waals surface area (Å²) < 4.78 is 33.0. The Balaban J connectivity index is 1.27. The van der Waals surface area contributed by atoms with E-state index in [2.05, 4.69) is 20.0 Å². The van der Waals surface area contributed by atoms with Crippen molar-refractivity contribution in [3.05, 3.63) is 76.2 Å². The maximum atomic E-state index is 12.4. The molecule has 4 rings (SSSR count). The summed E-state index contributed by atoms with van der Waals surface area (Å²) in [6, 6.07) is 13.8. The lowest BCUT2D eigenvalue weighted by atomic mass is 10.2. The smallest absolute Gasteiger partial charge is 0.263 e. The van der Waals surface area contributed by atoms with Crippen molar-refractivity contribution in [1.29, 1.82) is 0 Å². The third-order valence-electron chi connectivity index (χ3n) is 4.28. The first-order valence-corrected chi connectivity index (χ1v) is 13.2. The number of nitrogens with zero attached hydrogens (tertiary/aromatic N) is 2. The monoisotopic (exact) mass is 506 g/mol. The number of hydrogen-bond acceptors (Lipinski definition) is 8. The molecule has 7 nitrogen and oxygen atoms in total. The molecule has 0 aliphatic rings. The van der Waals surface area contributed by atoms with Gasteiger partial charge in [-0.2, -0.15) is 0 Å². The molecule has 0 bridgehead atoms. The summed E-state index contributed by atoms with van der Waals surface area (Å²) in [5, 5.41) is 8.68. The average molecular weight is 507 g/mol. The van der Waals surface area contributed by atoms with Gasteiger partial charge in [0.15, 0.2) is 10.3 Å². The number of hydrogen-bond donors (Lipinski definition) is 2. The van der Waals surface area contributed by atoms with Gasteiger partial charge in [-0.05, 0) is 61.4 Å². The van der Waals surface area contributed by atoms with E-state index < -0.39 is 10.0 Å². The van der Waals surface area contributed by atoms with E-state index in [-0.39, 0.29) is 4.90 Å². The number of ether oxygens (including phenoxy) is 1. The van der Waals surface area contributed by atoms with Gasteiger partial charge in [0.25, 0.3) is 10.0 Å². The maximum absolute atomic E-state index is 12.4. The number of nitrogens with one attached hydrogen (secondary N) is 2. The molecule has 2 N–H and O–H groups in total. The van der Waals surface area contributed by atoms with Crippen LogP contribution in [0.4, 0.5) is 16.0 Å². The molecule has 32 heavy (non-hydrogen) atoms. The van der Waals surface area contributed by atoms with Crippen molar-refractivity contribution in [2.24, 2.45) is 0 Å². The number of sulfonamides is 1. The molecular formula is C21H19ClN4O3S3. The highest BCUT2D eigenvalue weighted by Crippen LogP contribution is 2.24. The summed E-state index contributed by atoms with van der Waals surface area (Å²) >= 11 is 8.59. The summed E-state index contributed by atoms with van der Waals surface area (Å²) in [6.07, 6.45) is 3.18. The Hall–Kier alpha value is -2.66. The Kier molecular flexibility index (Phi) is 7.26. The van der Waals surface area contributed by atoms with Crippen LogP contribution in [0.2, 0.25) is 5.02 Å². The van der Waals surface area contributed by atoms with Gasteiger partial charge < -0.3 is 10.1 Å². The first-order valence-electron chi connectivity index (χ1n) is 9.60. The standard InChI is InChI=1S/C21H19ClN4O3S3/c22-15-3-7-18(8-4-15)29-12-1-2-17-14-31-21(25-17)24-16-5-9-19(10-6-16)32(27,28)26-20-23-11-13-30-20/h3-11,13-14H,1-2,12H2,(H,23,26)(H,24,25). The van der Waals surface area contributed by atoms with E-state index in [1.165, 1.54) is 22.7 Å². The van der Waals surface area contributed by atoms with Crippen LogP contribution >= 0.6 is 34.3 Å². The van der Waals surface area contributed by atoms with Crippen molar-refractivity contribution in [3.63, 3.8) is 0 Å². The van der Waals surface area contributed by atoms with Crippen LogP contribution in [0.5, 0.6) is 5.75 Å². The fourth-order valence-electron chi connectivity index (χ4n) is 2.74. The Bertz CT molecular complexity index is 1240. The van der Waals surface area contributed by atoms with Gasteiger partial charge in [0.05, 0.1) is 17.2 Å². The highest BCUT2D eigenvalue weighted by Gasteiger charge is 2.15. The van der Waals surface area contributed by atoms with Crippen LogP contribution in [-0.4, -0.2) is 25.0 Å². The summed E-state index contributed by atoms with van der Waals surface area (Å²) in [5.74, 6) is 0.794. The molecule has 0 radical (unpaired) electrons. The SMILES string of the molecule is O=S(=O)(Nc1nccs1)c1ccc(Nc2nc(CCCOc3ccc(Cl)cc3)cs2)cc1. The lowest BCUT2D eigenvalue weighted by Gasteiger charge is -2.07. The number of benzene rings is 2. The first-order chi connectivity index (χ1) is 15.5. The number of rotatable bonds is 10. The second-order valence-electron chi connectivity index (χ2n) is 6.64. The van der Waals surface area contributed by atoms with Crippen LogP contribution in [0.25, 0.3) is 0 Å². The summed E-state index contributed by atoms with van der Waals surface area (Å²) in [6.45, 7) is 0.590. The molecule has 4 aromatic rings. The van der Waals surface area contributed by atoms with Gasteiger partial charge >= 0.3 is 0 Å². The van der Waals surface area contributed by atoms with Crippen molar-refractivity contribution in [2.75, 3.05) is 16.6 Å². The lowest BCUT2D eigenvalue weighted by Crippen LogP contribution is -2.12. The van der Waals surface area contributed by atoms with E-state index in [1.54, 1.807) is 48.0 Å². The predicted molar refractivity (Wildman–Crippen MR) is 130 cm³/mol.